The monoisotopic (exact) mass is 657 g/mol. The molecule has 0 heterocycles. The van der Waals surface area contributed by atoms with Crippen molar-refractivity contribution < 1.29 is 27.1 Å². The second-order valence-electron chi connectivity index (χ2n) is 11.7. The average Bonchev–Trinajstić information content (AvgIpc) is 3.10. The normalized spacial score (nSPS) is 14.2. The lowest BCUT2D eigenvalue weighted by atomic mass is 9.94. The minimum absolute atomic E-state index is 0.00867. The van der Waals surface area contributed by atoms with Crippen molar-refractivity contribution in [1.82, 2.24) is 10.2 Å². The Morgan fingerprint density at radius 2 is 1.43 bits per heavy atom. The van der Waals surface area contributed by atoms with Crippen molar-refractivity contribution in [2.75, 3.05) is 18.0 Å². The quantitative estimate of drug-likeness (QED) is 0.187. The van der Waals surface area contributed by atoms with Crippen LogP contribution in [0, 0.1) is 5.82 Å². The number of hydrogen-bond donors (Lipinski definition) is 1. The summed E-state index contributed by atoms with van der Waals surface area (Å²) in [6.45, 7) is -0.538. The summed E-state index contributed by atoms with van der Waals surface area (Å²) in [6, 6.07) is 28.6. The zero-order valence-electron chi connectivity index (χ0n) is 26.4. The van der Waals surface area contributed by atoms with E-state index in [1.807, 2.05) is 60.7 Å². The first-order chi connectivity index (χ1) is 22.7. The maximum atomic E-state index is 14.6. The number of nitrogens with one attached hydrogen (secondary N) is 1. The van der Waals surface area contributed by atoms with Crippen molar-refractivity contribution in [3.63, 3.8) is 0 Å². The molecule has 4 aromatic carbocycles. The van der Waals surface area contributed by atoms with Crippen LogP contribution in [0.4, 0.5) is 10.1 Å². The molecule has 246 valence electrons. The molecule has 1 saturated carbocycles. The van der Waals surface area contributed by atoms with Crippen LogP contribution in [0.15, 0.2) is 114 Å². The molecule has 0 bridgehead atoms. The van der Waals surface area contributed by atoms with Gasteiger partial charge in [-0.05, 0) is 72.5 Å². The molecule has 1 unspecified atom stereocenters. The zero-order chi connectivity index (χ0) is 33.2. The third-order valence-electron chi connectivity index (χ3n) is 8.46. The number of halogens is 1. The molecule has 47 heavy (non-hydrogen) atoms. The van der Waals surface area contributed by atoms with Gasteiger partial charge in [0.2, 0.25) is 11.8 Å². The van der Waals surface area contributed by atoms with Crippen LogP contribution in [0.5, 0.6) is 5.75 Å². The molecule has 4 aromatic rings. The first kappa shape index (κ1) is 33.7. The predicted octanol–water partition coefficient (Wildman–Crippen LogP) is 6.12. The van der Waals surface area contributed by atoms with Gasteiger partial charge in [0.1, 0.15) is 24.2 Å². The second-order valence-corrected chi connectivity index (χ2v) is 13.6. The maximum absolute atomic E-state index is 14.6. The Balaban J connectivity index is 1.54. The summed E-state index contributed by atoms with van der Waals surface area (Å²) < 4.78 is 48.4. The number of anilines is 1. The van der Waals surface area contributed by atoms with Crippen LogP contribution in [0.3, 0.4) is 0 Å². The largest absolute Gasteiger partial charge is 0.497 e. The summed E-state index contributed by atoms with van der Waals surface area (Å²) in [7, 11) is -2.84. The second kappa shape index (κ2) is 15.7. The van der Waals surface area contributed by atoms with Gasteiger partial charge in [-0.2, -0.15) is 0 Å². The van der Waals surface area contributed by atoms with Crippen molar-refractivity contribution in [1.29, 1.82) is 0 Å². The highest BCUT2D eigenvalue weighted by molar-refractivity contribution is 7.92. The number of nitrogens with zero attached hydrogens (tertiary/aromatic N) is 2. The number of carbonyl (C=O) groups excluding carboxylic acids is 2. The van der Waals surface area contributed by atoms with Gasteiger partial charge < -0.3 is 15.0 Å². The molecular weight excluding hydrogens is 617 g/mol. The highest BCUT2D eigenvalue weighted by atomic mass is 32.2. The van der Waals surface area contributed by atoms with Gasteiger partial charge in [0, 0.05) is 19.0 Å². The molecule has 1 aliphatic rings. The lowest BCUT2D eigenvalue weighted by Gasteiger charge is -2.35. The first-order valence-electron chi connectivity index (χ1n) is 15.8. The number of ether oxygens (including phenoxy) is 1. The van der Waals surface area contributed by atoms with Gasteiger partial charge in [-0.25, -0.2) is 12.8 Å². The molecule has 8 nitrogen and oxygen atoms in total. The molecule has 1 N–H and O–H groups in total. The van der Waals surface area contributed by atoms with E-state index in [0.29, 0.717) is 5.75 Å². The first-order valence-corrected chi connectivity index (χ1v) is 17.3. The summed E-state index contributed by atoms with van der Waals surface area (Å²) in [4.78, 5) is 30.1. The fourth-order valence-corrected chi connectivity index (χ4v) is 7.30. The molecule has 0 aromatic heterocycles. The Morgan fingerprint density at radius 1 is 0.830 bits per heavy atom. The average molecular weight is 658 g/mol. The summed E-state index contributed by atoms with van der Waals surface area (Å²) in [5.74, 6) is -0.934. The summed E-state index contributed by atoms with van der Waals surface area (Å²) >= 11 is 0. The topological polar surface area (TPSA) is 96.0 Å². The molecule has 5 rings (SSSR count). The molecule has 0 aliphatic heterocycles. The van der Waals surface area contributed by atoms with E-state index in [2.05, 4.69) is 5.32 Å². The zero-order valence-corrected chi connectivity index (χ0v) is 27.2. The van der Waals surface area contributed by atoms with Gasteiger partial charge in [-0.1, -0.05) is 79.9 Å². The van der Waals surface area contributed by atoms with Crippen LogP contribution < -0.4 is 14.4 Å². The Hall–Kier alpha value is -4.70. The van der Waals surface area contributed by atoms with Crippen LogP contribution in [-0.2, 0) is 32.6 Å². The van der Waals surface area contributed by atoms with Crippen molar-refractivity contribution in [3.8, 4) is 5.75 Å². The standard InChI is InChI=1S/C37H40FN3O5S/c1-46-33-21-23-34(24-22-33)47(44,45)41(32-19-17-30(38)18-20-32)27-36(42)40(26-29-13-7-3-8-14-29)35(25-28-11-5-2-6-12-28)37(43)39-31-15-9-4-10-16-31/h2-3,5-8,11-14,17-24,31,35H,4,9-10,15-16,25-27H2,1H3,(H,39,43). The van der Waals surface area contributed by atoms with E-state index in [9.17, 15) is 22.4 Å². The van der Waals surface area contributed by atoms with Crippen LogP contribution in [0.1, 0.15) is 43.2 Å². The van der Waals surface area contributed by atoms with Gasteiger partial charge in [0.25, 0.3) is 10.0 Å². The molecule has 1 atom stereocenters. The number of carbonyl (C=O) groups is 2. The number of rotatable bonds is 13. The Bertz CT molecular complexity index is 1710. The number of amides is 2. The molecule has 10 heteroatoms. The predicted molar refractivity (Wildman–Crippen MR) is 180 cm³/mol. The molecule has 0 spiro atoms. The Kier molecular flexibility index (Phi) is 11.3. The Labute approximate surface area is 276 Å². The summed E-state index contributed by atoms with van der Waals surface area (Å²) in [6.07, 6.45) is 5.15. The minimum atomic E-state index is -4.31. The minimum Gasteiger partial charge on any atom is -0.497 e. The van der Waals surface area contributed by atoms with E-state index in [1.54, 1.807) is 0 Å². The van der Waals surface area contributed by atoms with Crippen molar-refractivity contribution in [2.45, 2.75) is 62.0 Å². The number of benzene rings is 4. The smallest absolute Gasteiger partial charge is 0.264 e. The SMILES string of the molecule is COc1ccc(S(=O)(=O)N(CC(=O)N(Cc2ccccc2)C(Cc2ccccc2)C(=O)NC2CCCCC2)c2ccc(F)cc2)cc1. The van der Waals surface area contributed by atoms with E-state index < -0.39 is 34.3 Å². The van der Waals surface area contributed by atoms with Crippen LogP contribution >= 0.6 is 0 Å². The van der Waals surface area contributed by atoms with Gasteiger partial charge >= 0.3 is 0 Å². The van der Waals surface area contributed by atoms with Crippen molar-refractivity contribution >= 4 is 27.5 Å². The molecule has 1 fully saturated rings. The molecule has 0 radical (unpaired) electrons. The van der Waals surface area contributed by atoms with Gasteiger partial charge in [-0.3, -0.25) is 13.9 Å². The molecule has 2 amide bonds. The molecule has 0 saturated heterocycles. The third kappa shape index (κ3) is 8.77. The highest BCUT2D eigenvalue weighted by Gasteiger charge is 2.35. The van der Waals surface area contributed by atoms with Gasteiger partial charge in [-0.15, -0.1) is 0 Å². The highest BCUT2D eigenvalue weighted by Crippen LogP contribution is 2.27. The van der Waals surface area contributed by atoms with E-state index in [4.69, 9.17) is 4.74 Å². The number of hydrogen-bond acceptors (Lipinski definition) is 5. The van der Waals surface area contributed by atoms with E-state index >= 15 is 0 Å². The van der Waals surface area contributed by atoms with Crippen molar-refractivity contribution in [2.24, 2.45) is 0 Å². The van der Waals surface area contributed by atoms with Crippen molar-refractivity contribution in [3.05, 3.63) is 126 Å². The lowest BCUT2D eigenvalue weighted by molar-refractivity contribution is -0.140. The van der Waals surface area contributed by atoms with E-state index in [0.717, 1.165) is 59.7 Å². The Morgan fingerprint density at radius 3 is 2.02 bits per heavy atom. The van der Waals surface area contributed by atoms with E-state index in [1.165, 1.54) is 48.4 Å². The molecule has 1 aliphatic carbocycles. The fraction of sp³-hybridized carbons (Fsp3) is 0.297. The van der Waals surface area contributed by atoms with Gasteiger partial charge in [0.05, 0.1) is 17.7 Å². The lowest BCUT2D eigenvalue weighted by Crippen LogP contribution is -2.55. The molecular formula is C37H40FN3O5S. The maximum Gasteiger partial charge on any atom is 0.264 e. The fourth-order valence-electron chi connectivity index (χ4n) is 5.89. The number of sulfonamides is 1. The van der Waals surface area contributed by atoms with E-state index in [-0.39, 0.29) is 35.5 Å². The summed E-state index contributed by atoms with van der Waals surface area (Å²) in [5, 5.41) is 3.20. The van der Waals surface area contributed by atoms with Crippen LogP contribution in [0.2, 0.25) is 0 Å². The van der Waals surface area contributed by atoms with Crippen LogP contribution in [0.25, 0.3) is 0 Å². The third-order valence-corrected chi connectivity index (χ3v) is 10.2. The van der Waals surface area contributed by atoms with Gasteiger partial charge in [0.15, 0.2) is 0 Å². The van der Waals surface area contributed by atoms with Crippen LogP contribution in [-0.4, -0.2) is 50.9 Å². The summed E-state index contributed by atoms with van der Waals surface area (Å²) in [5.41, 5.74) is 1.76. The number of methoxy groups -OCH3 is 1.